The Hall–Kier alpha value is -1.32. The van der Waals surface area contributed by atoms with Gasteiger partial charge in [-0.25, -0.2) is 4.98 Å². The number of aromatic nitrogens is 2. The molecule has 1 aliphatic carbocycles. The maximum absolute atomic E-state index is 5.26. The molecule has 4 heteroatoms. The quantitative estimate of drug-likeness (QED) is 0.894. The van der Waals surface area contributed by atoms with Crippen LogP contribution in [0.25, 0.3) is 0 Å². The first-order valence-electron chi connectivity index (χ1n) is 6.69. The summed E-state index contributed by atoms with van der Waals surface area (Å²) in [6, 6.07) is 2.44. The molecule has 4 nitrogen and oxygen atoms in total. The van der Waals surface area contributed by atoms with E-state index in [0.717, 1.165) is 11.6 Å². The first-order chi connectivity index (χ1) is 8.49. The van der Waals surface area contributed by atoms with Gasteiger partial charge in [0, 0.05) is 17.5 Å². The Morgan fingerprint density at radius 3 is 2.44 bits per heavy atom. The third-order valence-electron chi connectivity index (χ3n) is 3.29. The minimum Gasteiger partial charge on any atom is -0.481 e. The normalized spacial score (nSPS) is 16.9. The van der Waals surface area contributed by atoms with Crippen molar-refractivity contribution in [1.82, 2.24) is 9.97 Å². The lowest BCUT2D eigenvalue weighted by Crippen LogP contribution is -2.20. The van der Waals surface area contributed by atoms with Crippen molar-refractivity contribution < 1.29 is 4.74 Å². The number of ether oxygens (including phenoxy) is 1. The lowest BCUT2D eigenvalue weighted by Gasteiger charge is -2.20. The van der Waals surface area contributed by atoms with Gasteiger partial charge in [0.1, 0.15) is 11.6 Å². The largest absolute Gasteiger partial charge is 0.481 e. The molecule has 0 spiro atoms. The molecule has 1 aromatic heterocycles. The molecule has 0 unspecified atom stereocenters. The molecule has 1 aromatic rings. The van der Waals surface area contributed by atoms with E-state index in [0.29, 0.717) is 11.9 Å². The molecule has 0 atom stereocenters. The highest BCUT2D eigenvalue weighted by atomic mass is 16.5. The van der Waals surface area contributed by atoms with Crippen LogP contribution in [0.3, 0.4) is 0 Å². The highest BCUT2D eigenvalue weighted by molar-refractivity contribution is 5.40. The highest BCUT2D eigenvalue weighted by Crippen LogP contribution is 2.26. The van der Waals surface area contributed by atoms with Crippen molar-refractivity contribution in [2.24, 2.45) is 0 Å². The number of methoxy groups -OCH3 is 1. The lowest BCUT2D eigenvalue weighted by atomic mass is 9.96. The molecule has 0 amide bonds. The summed E-state index contributed by atoms with van der Waals surface area (Å²) >= 11 is 0. The molecule has 100 valence electrons. The van der Waals surface area contributed by atoms with Crippen molar-refractivity contribution in [1.29, 1.82) is 0 Å². The van der Waals surface area contributed by atoms with Crippen molar-refractivity contribution in [3.8, 4) is 5.88 Å². The Labute approximate surface area is 109 Å². The van der Waals surface area contributed by atoms with Gasteiger partial charge in [0.25, 0.3) is 0 Å². The van der Waals surface area contributed by atoms with E-state index in [9.17, 15) is 0 Å². The zero-order valence-corrected chi connectivity index (χ0v) is 11.8. The SMILES string of the molecule is COc1cc(NC2CCCC2)nc(C(C)(C)C)n1. The number of anilines is 1. The zero-order chi connectivity index (χ0) is 13.2. The second-order valence-electron chi connectivity index (χ2n) is 5.99. The van der Waals surface area contributed by atoms with Crippen LogP contribution in [0, 0.1) is 0 Å². The van der Waals surface area contributed by atoms with Crippen molar-refractivity contribution in [2.45, 2.75) is 57.9 Å². The smallest absolute Gasteiger partial charge is 0.218 e. The number of hydrogen-bond acceptors (Lipinski definition) is 4. The molecular weight excluding hydrogens is 226 g/mol. The van der Waals surface area contributed by atoms with E-state index in [1.165, 1.54) is 25.7 Å². The van der Waals surface area contributed by atoms with E-state index in [2.05, 4.69) is 36.1 Å². The summed E-state index contributed by atoms with van der Waals surface area (Å²) in [5.41, 5.74) is -0.0688. The Morgan fingerprint density at radius 2 is 1.89 bits per heavy atom. The maximum atomic E-state index is 5.26. The topological polar surface area (TPSA) is 47.0 Å². The molecule has 1 aliphatic rings. The van der Waals surface area contributed by atoms with Crippen LogP contribution in [-0.2, 0) is 5.41 Å². The van der Waals surface area contributed by atoms with E-state index in [1.54, 1.807) is 7.11 Å². The summed E-state index contributed by atoms with van der Waals surface area (Å²) < 4.78 is 5.26. The van der Waals surface area contributed by atoms with Gasteiger partial charge in [-0.05, 0) is 12.8 Å². The van der Waals surface area contributed by atoms with E-state index >= 15 is 0 Å². The monoisotopic (exact) mass is 249 g/mol. The first-order valence-corrected chi connectivity index (χ1v) is 6.69. The van der Waals surface area contributed by atoms with Crippen LogP contribution in [0.2, 0.25) is 0 Å². The van der Waals surface area contributed by atoms with Gasteiger partial charge >= 0.3 is 0 Å². The van der Waals surface area contributed by atoms with E-state index in [4.69, 9.17) is 4.74 Å². The molecule has 1 heterocycles. The minimum atomic E-state index is -0.0688. The molecule has 0 aliphatic heterocycles. The van der Waals surface area contributed by atoms with Crippen molar-refractivity contribution in [3.05, 3.63) is 11.9 Å². The van der Waals surface area contributed by atoms with Crippen LogP contribution >= 0.6 is 0 Å². The summed E-state index contributed by atoms with van der Waals surface area (Å²) in [5.74, 6) is 2.34. The predicted octanol–water partition coefficient (Wildman–Crippen LogP) is 3.14. The first kappa shape index (κ1) is 13.1. The molecule has 0 saturated heterocycles. The molecule has 18 heavy (non-hydrogen) atoms. The van der Waals surface area contributed by atoms with Crippen molar-refractivity contribution in [3.63, 3.8) is 0 Å². The third kappa shape index (κ3) is 3.12. The third-order valence-corrected chi connectivity index (χ3v) is 3.29. The maximum Gasteiger partial charge on any atom is 0.218 e. The number of nitrogens with zero attached hydrogens (tertiary/aromatic N) is 2. The summed E-state index contributed by atoms with van der Waals surface area (Å²) in [7, 11) is 1.65. The van der Waals surface area contributed by atoms with Crippen LogP contribution < -0.4 is 10.1 Å². The molecule has 1 saturated carbocycles. The van der Waals surface area contributed by atoms with Gasteiger partial charge in [-0.3, -0.25) is 0 Å². The van der Waals surface area contributed by atoms with E-state index in [-0.39, 0.29) is 5.41 Å². The van der Waals surface area contributed by atoms with Gasteiger partial charge in [0.15, 0.2) is 0 Å². The summed E-state index contributed by atoms with van der Waals surface area (Å²) in [6.45, 7) is 6.34. The van der Waals surface area contributed by atoms with E-state index < -0.39 is 0 Å². The highest BCUT2D eigenvalue weighted by Gasteiger charge is 2.21. The Morgan fingerprint density at radius 1 is 1.22 bits per heavy atom. The van der Waals surface area contributed by atoms with Gasteiger partial charge in [-0.2, -0.15) is 4.98 Å². The summed E-state index contributed by atoms with van der Waals surface area (Å²) in [6.07, 6.45) is 5.09. The number of hydrogen-bond donors (Lipinski definition) is 1. The standard InChI is InChI=1S/C14H23N3O/c1-14(2,3)13-16-11(9-12(17-13)18-4)15-10-7-5-6-8-10/h9-10H,5-8H2,1-4H3,(H,15,16,17). The number of nitrogens with one attached hydrogen (secondary N) is 1. The van der Waals surface area contributed by atoms with Crippen LogP contribution in [0.1, 0.15) is 52.3 Å². The van der Waals surface area contributed by atoms with Crippen molar-refractivity contribution in [2.75, 3.05) is 12.4 Å². The molecule has 0 radical (unpaired) electrons. The van der Waals surface area contributed by atoms with E-state index in [1.807, 2.05) is 6.07 Å². The summed E-state index contributed by atoms with van der Waals surface area (Å²) in [5, 5.41) is 3.50. The van der Waals surface area contributed by atoms with Gasteiger partial charge < -0.3 is 10.1 Å². The van der Waals surface area contributed by atoms with Gasteiger partial charge in [0.2, 0.25) is 5.88 Å². The second kappa shape index (κ2) is 5.12. The van der Waals surface area contributed by atoms with Gasteiger partial charge in [-0.1, -0.05) is 33.6 Å². The fourth-order valence-corrected chi connectivity index (χ4v) is 2.22. The van der Waals surface area contributed by atoms with Crippen LogP contribution in [0.5, 0.6) is 5.88 Å². The molecular formula is C14H23N3O. The molecule has 1 fully saturated rings. The van der Waals surface area contributed by atoms with Crippen LogP contribution in [0.15, 0.2) is 6.07 Å². The molecule has 2 rings (SSSR count). The Kier molecular flexibility index (Phi) is 3.73. The van der Waals surface area contributed by atoms with Crippen molar-refractivity contribution >= 4 is 5.82 Å². The summed E-state index contributed by atoms with van der Waals surface area (Å²) in [4.78, 5) is 9.04. The van der Waals surface area contributed by atoms with Gasteiger partial charge in [0.05, 0.1) is 7.11 Å². The second-order valence-corrected chi connectivity index (χ2v) is 5.99. The average molecular weight is 249 g/mol. The Balaban J connectivity index is 2.23. The molecule has 0 bridgehead atoms. The van der Waals surface area contributed by atoms with Gasteiger partial charge in [-0.15, -0.1) is 0 Å². The minimum absolute atomic E-state index is 0.0688. The van der Waals surface area contributed by atoms with Crippen LogP contribution in [0.4, 0.5) is 5.82 Å². The molecule has 0 aromatic carbocycles. The fraction of sp³-hybridized carbons (Fsp3) is 0.714. The lowest BCUT2D eigenvalue weighted by molar-refractivity contribution is 0.389. The fourth-order valence-electron chi connectivity index (χ4n) is 2.22. The predicted molar refractivity (Wildman–Crippen MR) is 73.2 cm³/mol. The zero-order valence-electron chi connectivity index (χ0n) is 11.8. The Bertz CT molecular complexity index is 406. The van der Waals surface area contributed by atoms with Crippen LogP contribution in [-0.4, -0.2) is 23.1 Å². The average Bonchev–Trinajstić information content (AvgIpc) is 2.80. The molecule has 1 N–H and O–H groups in total. The number of rotatable bonds is 3.